The maximum absolute atomic E-state index is 9.05. The molecular weight excluding hydrogens is 162 g/mol. The third-order valence-electron chi connectivity index (χ3n) is 2.13. The molecule has 13 heavy (non-hydrogen) atoms. The van der Waals surface area contributed by atoms with Crippen molar-refractivity contribution in [2.75, 3.05) is 0 Å². The van der Waals surface area contributed by atoms with E-state index < -0.39 is 0 Å². The third kappa shape index (κ3) is 2.60. The Balaban J connectivity index is 2.74. The van der Waals surface area contributed by atoms with E-state index in [1.54, 1.807) is 0 Å². The zero-order valence-corrected chi connectivity index (χ0v) is 7.83. The average molecular weight is 177 g/mol. The van der Waals surface area contributed by atoms with Gasteiger partial charge in [0.05, 0.1) is 6.04 Å². The second-order valence-electron chi connectivity index (χ2n) is 3.23. The van der Waals surface area contributed by atoms with Gasteiger partial charge in [0.1, 0.15) is 5.76 Å². The minimum absolute atomic E-state index is 0.0447. The Labute approximate surface area is 78.7 Å². The molecule has 0 aliphatic carbocycles. The number of aliphatic hydroxyl groups excluding tert-OH is 1. The van der Waals surface area contributed by atoms with Crippen LogP contribution in [0.4, 0.5) is 0 Å². The van der Waals surface area contributed by atoms with Crippen molar-refractivity contribution >= 4 is 0 Å². The first kappa shape index (κ1) is 9.81. The summed E-state index contributed by atoms with van der Waals surface area (Å²) in [5.41, 5.74) is 8.02. The summed E-state index contributed by atoms with van der Waals surface area (Å²) in [4.78, 5) is 0. The van der Waals surface area contributed by atoms with Crippen molar-refractivity contribution in [2.45, 2.75) is 19.4 Å². The molecule has 0 fully saturated rings. The van der Waals surface area contributed by atoms with Gasteiger partial charge >= 0.3 is 0 Å². The van der Waals surface area contributed by atoms with Crippen LogP contribution in [0.5, 0.6) is 0 Å². The Bertz CT molecular complexity index is 307. The lowest BCUT2D eigenvalue weighted by Gasteiger charge is -2.11. The molecule has 1 atom stereocenters. The lowest BCUT2D eigenvalue weighted by Crippen LogP contribution is -2.25. The standard InChI is InChI=1S/C11H15NO/c1-8-5-3-4-6-10(8)7-11(12)9(2)13/h3-6,11,13H,2,7,12H2,1H3/t11-/m0/s1. The molecule has 0 aliphatic rings. The van der Waals surface area contributed by atoms with Crippen molar-refractivity contribution in [3.05, 3.63) is 47.7 Å². The number of benzene rings is 1. The monoisotopic (exact) mass is 177 g/mol. The highest BCUT2D eigenvalue weighted by molar-refractivity contribution is 5.27. The van der Waals surface area contributed by atoms with E-state index >= 15 is 0 Å². The smallest absolute Gasteiger partial charge is 0.102 e. The number of hydrogen-bond acceptors (Lipinski definition) is 2. The Hall–Kier alpha value is -1.28. The van der Waals surface area contributed by atoms with Crippen LogP contribution in [0.1, 0.15) is 11.1 Å². The van der Waals surface area contributed by atoms with Crippen molar-refractivity contribution in [2.24, 2.45) is 5.73 Å². The molecule has 0 saturated heterocycles. The van der Waals surface area contributed by atoms with Crippen molar-refractivity contribution in [3.63, 3.8) is 0 Å². The predicted octanol–water partition coefficient (Wildman–Crippen LogP) is 1.94. The summed E-state index contributed by atoms with van der Waals surface area (Å²) in [6, 6.07) is 7.63. The van der Waals surface area contributed by atoms with E-state index in [1.165, 1.54) is 5.56 Å². The summed E-state index contributed by atoms with van der Waals surface area (Å²) < 4.78 is 0. The van der Waals surface area contributed by atoms with Gasteiger partial charge in [0.25, 0.3) is 0 Å². The van der Waals surface area contributed by atoms with Gasteiger partial charge in [0.2, 0.25) is 0 Å². The summed E-state index contributed by atoms with van der Waals surface area (Å²) in [6.07, 6.45) is 0.641. The van der Waals surface area contributed by atoms with E-state index in [1.807, 2.05) is 31.2 Å². The highest BCUT2D eigenvalue weighted by atomic mass is 16.3. The molecule has 1 rings (SSSR count). The van der Waals surface area contributed by atoms with E-state index in [4.69, 9.17) is 10.8 Å². The van der Waals surface area contributed by atoms with Gasteiger partial charge in [-0.3, -0.25) is 0 Å². The zero-order valence-electron chi connectivity index (χ0n) is 7.83. The molecule has 0 bridgehead atoms. The van der Waals surface area contributed by atoms with Crippen LogP contribution in [0.2, 0.25) is 0 Å². The van der Waals surface area contributed by atoms with Gasteiger partial charge in [-0.2, -0.15) is 0 Å². The molecular formula is C11H15NO. The van der Waals surface area contributed by atoms with Crippen LogP contribution in [0.25, 0.3) is 0 Å². The van der Waals surface area contributed by atoms with Gasteiger partial charge in [-0.05, 0) is 24.5 Å². The maximum atomic E-state index is 9.05. The van der Waals surface area contributed by atoms with Crippen molar-refractivity contribution in [1.82, 2.24) is 0 Å². The summed E-state index contributed by atoms with van der Waals surface area (Å²) in [7, 11) is 0. The molecule has 0 aromatic heterocycles. The molecule has 70 valence electrons. The second-order valence-corrected chi connectivity index (χ2v) is 3.23. The van der Waals surface area contributed by atoms with E-state index in [9.17, 15) is 0 Å². The van der Waals surface area contributed by atoms with E-state index in [-0.39, 0.29) is 11.8 Å². The predicted molar refractivity (Wildman–Crippen MR) is 54.6 cm³/mol. The molecule has 3 N–H and O–H groups in total. The molecule has 0 radical (unpaired) electrons. The maximum Gasteiger partial charge on any atom is 0.102 e. The van der Waals surface area contributed by atoms with Crippen LogP contribution in [-0.2, 0) is 6.42 Å². The minimum Gasteiger partial charge on any atom is -0.511 e. The quantitative estimate of drug-likeness (QED) is 0.693. The van der Waals surface area contributed by atoms with Gasteiger partial charge in [0.15, 0.2) is 0 Å². The highest BCUT2D eigenvalue weighted by Crippen LogP contribution is 2.10. The van der Waals surface area contributed by atoms with E-state index in [0.717, 1.165) is 5.56 Å². The van der Waals surface area contributed by atoms with Crippen LogP contribution in [0.15, 0.2) is 36.6 Å². The number of aliphatic hydroxyl groups is 1. The normalized spacial score (nSPS) is 12.5. The Kier molecular flexibility index (Phi) is 3.09. The molecule has 0 unspecified atom stereocenters. The zero-order chi connectivity index (χ0) is 9.84. The molecule has 0 heterocycles. The summed E-state index contributed by atoms with van der Waals surface area (Å²) >= 11 is 0. The Morgan fingerprint density at radius 2 is 2.15 bits per heavy atom. The average Bonchev–Trinajstić information content (AvgIpc) is 2.08. The molecule has 0 amide bonds. The first-order valence-corrected chi connectivity index (χ1v) is 4.29. The number of rotatable bonds is 3. The Morgan fingerprint density at radius 3 is 2.69 bits per heavy atom. The first-order valence-electron chi connectivity index (χ1n) is 4.29. The van der Waals surface area contributed by atoms with Crippen molar-refractivity contribution in [1.29, 1.82) is 0 Å². The molecule has 2 heteroatoms. The van der Waals surface area contributed by atoms with Crippen LogP contribution in [-0.4, -0.2) is 11.1 Å². The van der Waals surface area contributed by atoms with Gasteiger partial charge in [-0.25, -0.2) is 0 Å². The molecule has 0 aliphatic heterocycles. The fraction of sp³-hybridized carbons (Fsp3) is 0.273. The van der Waals surface area contributed by atoms with Gasteiger partial charge < -0.3 is 10.8 Å². The fourth-order valence-corrected chi connectivity index (χ4v) is 1.19. The number of nitrogens with two attached hydrogens (primary N) is 1. The van der Waals surface area contributed by atoms with E-state index in [2.05, 4.69) is 6.58 Å². The lowest BCUT2D eigenvalue weighted by atomic mass is 10.0. The molecule has 0 spiro atoms. The lowest BCUT2D eigenvalue weighted by molar-refractivity contribution is 0.368. The third-order valence-corrected chi connectivity index (χ3v) is 2.13. The van der Waals surface area contributed by atoms with Crippen LogP contribution < -0.4 is 5.73 Å². The summed E-state index contributed by atoms with van der Waals surface area (Å²) in [5, 5.41) is 9.05. The Morgan fingerprint density at radius 1 is 1.54 bits per heavy atom. The van der Waals surface area contributed by atoms with Gasteiger partial charge in [-0.1, -0.05) is 30.8 Å². The molecule has 0 saturated carbocycles. The van der Waals surface area contributed by atoms with Gasteiger partial charge in [0, 0.05) is 0 Å². The van der Waals surface area contributed by atoms with Crippen LogP contribution in [0.3, 0.4) is 0 Å². The van der Waals surface area contributed by atoms with Crippen molar-refractivity contribution in [3.8, 4) is 0 Å². The SMILES string of the molecule is C=C(O)[C@@H](N)Cc1ccccc1C. The topological polar surface area (TPSA) is 46.2 Å². The fourth-order valence-electron chi connectivity index (χ4n) is 1.19. The number of aryl methyl sites for hydroxylation is 1. The molecule has 2 nitrogen and oxygen atoms in total. The minimum atomic E-state index is -0.360. The molecule has 1 aromatic carbocycles. The summed E-state index contributed by atoms with van der Waals surface area (Å²) in [5.74, 6) is 0.0447. The highest BCUT2D eigenvalue weighted by Gasteiger charge is 2.07. The summed E-state index contributed by atoms with van der Waals surface area (Å²) in [6.45, 7) is 5.44. The van der Waals surface area contributed by atoms with Crippen LogP contribution >= 0.6 is 0 Å². The number of hydrogen-bond donors (Lipinski definition) is 2. The van der Waals surface area contributed by atoms with E-state index in [0.29, 0.717) is 6.42 Å². The molecule has 1 aromatic rings. The van der Waals surface area contributed by atoms with Crippen LogP contribution in [0, 0.1) is 6.92 Å². The first-order chi connectivity index (χ1) is 6.11. The second kappa shape index (κ2) is 4.10. The largest absolute Gasteiger partial charge is 0.511 e. The van der Waals surface area contributed by atoms with Gasteiger partial charge in [-0.15, -0.1) is 0 Å². The van der Waals surface area contributed by atoms with Crippen molar-refractivity contribution < 1.29 is 5.11 Å².